The molecule has 5 nitrogen and oxygen atoms in total. The minimum absolute atomic E-state index is 0.122. The smallest absolute Gasteiger partial charge is 0.339 e. The molecule has 2 aromatic rings. The van der Waals surface area contributed by atoms with Gasteiger partial charge in [0.1, 0.15) is 17.5 Å². The van der Waals surface area contributed by atoms with E-state index >= 15 is 0 Å². The number of benzene rings is 1. The van der Waals surface area contributed by atoms with Crippen LogP contribution in [0.5, 0.6) is 0 Å². The average molecular weight is 292 g/mol. The molecule has 21 heavy (non-hydrogen) atoms. The third-order valence-corrected chi connectivity index (χ3v) is 2.60. The molecule has 0 spiro atoms. The molecule has 0 fully saturated rings. The number of hydrogen-bond acceptors (Lipinski definition) is 4. The van der Waals surface area contributed by atoms with Crippen LogP contribution in [0.1, 0.15) is 20.7 Å². The Morgan fingerprint density at radius 1 is 1.19 bits per heavy atom. The van der Waals surface area contributed by atoms with Gasteiger partial charge in [0.25, 0.3) is 5.91 Å². The van der Waals surface area contributed by atoms with Crippen LogP contribution in [-0.4, -0.2) is 24.0 Å². The fraction of sp³-hybridized carbons (Fsp3) is 0.0714. The van der Waals surface area contributed by atoms with Crippen molar-refractivity contribution in [1.82, 2.24) is 4.98 Å². The number of nitrogens with one attached hydrogen (secondary N) is 1. The lowest BCUT2D eigenvalue weighted by molar-refractivity contribution is 0.0600. The molecule has 0 aliphatic rings. The van der Waals surface area contributed by atoms with Crippen molar-refractivity contribution in [3.63, 3.8) is 0 Å². The van der Waals surface area contributed by atoms with Crippen LogP contribution in [-0.2, 0) is 4.74 Å². The van der Waals surface area contributed by atoms with Gasteiger partial charge in [0.15, 0.2) is 0 Å². The number of halogens is 2. The predicted octanol–water partition coefficient (Wildman–Crippen LogP) is 2.40. The highest BCUT2D eigenvalue weighted by Gasteiger charge is 2.13. The minimum Gasteiger partial charge on any atom is -0.465 e. The van der Waals surface area contributed by atoms with Gasteiger partial charge >= 0.3 is 5.97 Å². The first kappa shape index (κ1) is 14.6. The van der Waals surface area contributed by atoms with Crippen molar-refractivity contribution >= 4 is 17.7 Å². The van der Waals surface area contributed by atoms with Gasteiger partial charge in [-0.25, -0.2) is 18.6 Å². The van der Waals surface area contributed by atoms with E-state index in [0.29, 0.717) is 6.07 Å². The van der Waals surface area contributed by atoms with Crippen molar-refractivity contribution in [2.75, 3.05) is 12.4 Å². The summed E-state index contributed by atoms with van der Waals surface area (Å²) in [5.74, 6) is -2.96. The highest BCUT2D eigenvalue weighted by atomic mass is 19.1. The van der Waals surface area contributed by atoms with Gasteiger partial charge in [-0.1, -0.05) is 0 Å². The topological polar surface area (TPSA) is 68.3 Å². The zero-order chi connectivity index (χ0) is 15.4. The molecule has 0 atom stereocenters. The Morgan fingerprint density at radius 3 is 2.52 bits per heavy atom. The van der Waals surface area contributed by atoms with E-state index in [-0.39, 0.29) is 16.9 Å². The lowest BCUT2D eigenvalue weighted by Crippen LogP contribution is -2.15. The van der Waals surface area contributed by atoms with Crippen molar-refractivity contribution in [3.8, 4) is 0 Å². The molecule has 1 aromatic heterocycles. The molecule has 0 aliphatic carbocycles. The van der Waals surface area contributed by atoms with Gasteiger partial charge in [0, 0.05) is 12.3 Å². The monoisotopic (exact) mass is 292 g/mol. The van der Waals surface area contributed by atoms with E-state index in [1.54, 1.807) is 0 Å². The number of aromatic nitrogens is 1. The number of methoxy groups -OCH3 is 1. The van der Waals surface area contributed by atoms with Gasteiger partial charge in [-0.15, -0.1) is 0 Å². The molecular formula is C14H10F2N2O3. The number of rotatable bonds is 3. The van der Waals surface area contributed by atoms with Crippen LogP contribution in [0, 0.1) is 11.6 Å². The number of anilines is 1. The number of ether oxygens (including phenoxy) is 1. The van der Waals surface area contributed by atoms with Gasteiger partial charge in [0.05, 0.1) is 18.2 Å². The maximum absolute atomic E-state index is 13.4. The summed E-state index contributed by atoms with van der Waals surface area (Å²) >= 11 is 0. The number of carbonyl (C=O) groups is 2. The molecule has 7 heteroatoms. The van der Waals surface area contributed by atoms with E-state index in [2.05, 4.69) is 15.0 Å². The van der Waals surface area contributed by atoms with Gasteiger partial charge in [-0.2, -0.15) is 0 Å². The summed E-state index contributed by atoms with van der Waals surface area (Å²) in [5.41, 5.74) is -0.0984. The van der Waals surface area contributed by atoms with Crippen LogP contribution in [0.4, 0.5) is 14.6 Å². The Bertz CT molecular complexity index is 687. The molecule has 1 aromatic carbocycles. The standard InChI is InChI=1S/C14H10F2N2O3/c1-21-14(20)8-2-5-12(17-7-8)18-13(19)10-4-3-9(15)6-11(10)16/h2-7H,1H3,(H,17,18,19). The normalized spacial score (nSPS) is 10.0. The Balaban J connectivity index is 2.14. The zero-order valence-electron chi connectivity index (χ0n) is 10.9. The first-order valence-electron chi connectivity index (χ1n) is 5.82. The van der Waals surface area contributed by atoms with Crippen LogP contribution < -0.4 is 5.32 Å². The highest BCUT2D eigenvalue weighted by Crippen LogP contribution is 2.12. The SMILES string of the molecule is COC(=O)c1ccc(NC(=O)c2ccc(F)cc2F)nc1. The molecule has 1 N–H and O–H groups in total. The lowest BCUT2D eigenvalue weighted by Gasteiger charge is -2.06. The maximum atomic E-state index is 13.4. The number of carbonyl (C=O) groups excluding carboxylic acids is 2. The minimum atomic E-state index is -0.973. The summed E-state index contributed by atoms with van der Waals surface area (Å²) < 4.78 is 30.7. The van der Waals surface area contributed by atoms with E-state index in [9.17, 15) is 18.4 Å². The van der Waals surface area contributed by atoms with Gasteiger partial charge < -0.3 is 10.1 Å². The summed E-state index contributed by atoms with van der Waals surface area (Å²) in [6.45, 7) is 0. The number of amides is 1. The first-order chi connectivity index (χ1) is 10.0. The van der Waals surface area contributed by atoms with Gasteiger partial charge in [-0.3, -0.25) is 4.79 Å². The first-order valence-corrected chi connectivity index (χ1v) is 5.82. The summed E-state index contributed by atoms with van der Waals surface area (Å²) in [6.07, 6.45) is 1.21. The quantitative estimate of drug-likeness (QED) is 0.882. The number of pyridine rings is 1. The summed E-state index contributed by atoms with van der Waals surface area (Å²) in [4.78, 5) is 26.9. The van der Waals surface area contributed by atoms with Crippen LogP contribution >= 0.6 is 0 Å². The Hall–Kier alpha value is -2.83. The third kappa shape index (κ3) is 3.38. The molecule has 108 valence electrons. The second-order valence-electron chi connectivity index (χ2n) is 4.00. The largest absolute Gasteiger partial charge is 0.465 e. The fourth-order valence-electron chi connectivity index (χ4n) is 1.56. The Labute approximate surface area is 118 Å². The van der Waals surface area contributed by atoms with E-state index in [0.717, 1.165) is 12.1 Å². The van der Waals surface area contributed by atoms with Crippen molar-refractivity contribution < 1.29 is 23.1 Å². The molecule has 0 radical (unpaired) electrons. The molecule has 0 unspecified atom stereocenters. The second-order valence-corrected chi connectivity index (χ2v) is 4.00. The average Bonchev–Trinajstić information content (AvgIpc) is 2.47. The molecule has 0 bridgehead atoms. The molecule has 1 heterocycles. The molecule has 1 amide bonds. The van der Waals surface area contributed by atoms with Crippen molar-refractivity contribution in [2.24, 2.45) is 0 Å². The van der Waals surface area contributed by atoms with E-state index < -0.39 is 23.5 Å². The van der Waals surface area contributed by atoms with Crippen molar-refractivity contribution in [1.29, 1.82) is 0 Å². The molecule has 0 aliphatic heterocycles. The Morgan fingerprint density at radius 2 is 1.95 bits per heavy atom. The van der Waals surface area contributed by atoms with E-state index in [4.69, 9.17) is 0 Å². The van der Waals surface area contributed by atoms with Gasteiger partial charge in [0.2, 0.25) is 0 Å². The van der Waals surface area contributed by atoms with Gasteiger partial charge in [-0.05, 0) is 24.3 Å². The van der Waals surface area contributed by atoms with Crippen LogP contribution in [0.25, 0.3) is 0 Å². The lowest BCUT2D eigenvalue weighted by atomic mass is 10.2. The van der Waals surface area contributed by atoms with Crippen molar-refractivity contribution in [3.05, 3.63) is 59.3 Å². The molecular weight excluding hydrogens is 282 g/mol. The summed E-state index contributed by atoms with van der Waals surface area (Å²) in [6, 6.07) is 5.39. The molecule has 0 saturated carbocycles. The van der Waals surface area contributed by atoms with Crippen LogP contribution in [0.15, 0.2) is 36.5 Å². The molecule has 2 rings (SSSR count). The number of esters is 1. The van der Waals surface area contributed by atoms with Crippen LogP contribution in [0.2, 0.25) is 0 Å². The fourth-order valence-corrected chi connectivity index (χ4v) is 1.56. The maximum Gasteiger partial charge on any atom is 0.339 e. The predicted molar refractivity (Wildman–Crippen MR) is 69.9 cm³/mol. The van der Waals surface area contributed by atoms with Crippen LogP contribution in [0.3, 0.4) is 0 Å². The third-order valence-electron chi connectivity index (χ3n) is 2.60. The number of nitrogens with zero attached hydrogens (tertiary/aromatic N) is 1. The Kier molecular flexibility index (Phi) is 4.22. The van der Waals surface area contributed by atoms with E-state index in [1.165, 1.54) is 25.4 Å². The summed E-state index contributed by atoms with van der Waals surface area (Å²) in [5, 5.41) is 2.34. The summed E-state index contributed by atoms with van der Waals surface area (Å²) in [7, 11) is 1.23. The number of hydrogen-bond donors (Lipinski definition) is 1. The second kappa shape index (κ2) is 6.08. The van der Waals surface area contributed by atoms with Crippen molar-refractivity contribution in [2.45, 2.75) is 0 Å². The van der Waals surface area contributed by atoms with E-state index in [1.807, 2.05) is 0 Å². The molecule has 0 saturated heterocycles. The highest BCUT2D eigenvalue weighted by molar-refractivity contribution is 6.04. The zero-order valence-corrected chi connectivity index (χ0v) is 10.9.